The number of nitrogens with zero attached hydrogens (tertiary/aromatic N) is 1. The van der Waals surface area contributed by atoms with E-state index in [0.717, 1.165) is 23.6 Å². The van der Waals surface area contributed by atoms with Crippen LogP contribution in [0.25, 0.3) is 0 Å². The smallest absolute Gasteiger partial charge is 0.240 e. The molecule has 0 aromatic heterocycles. The monoisotopic (exact) mass is 284 g/mol. The van der Waals surface area contributed by atoms with E-state index in [1.807, 2.05) is 43.1 Å². The van der Waals surface area contributed by atoms with E-state index in [0.29, 0.717) is 11.6 Å². The van der Waals surface area contributed by atoms with Gasteiger partial charge in [0.15, 0.2) is 0 Å². The Labute approximate surface area is 117 Å². The summed E-state index contributed by atoms with van der Waals surface area (Å²) < 4.78 is 0. The lowest BCUT2D eigenvalue weighted by atomic mass is 10.2. The summed E-state index contributed by atoms with van der Waals surface area (Å²) in [6.45, 7) is 1.46. The molecule has 98 valence electrons. The van der Waals surface area contributed by atoms with Crippen LogP contribution in [0, 0.1) is 0 Å². The van der Waals surface area contributed by atoms with E-state index in [2.05, 4.69) is 5.32 Å². The highest BCUT2D eigenvalue weighted by Gasteiger charge is 2.24. The minimum Gasteiger partial charge on any atom is -0.340 e. The summed E-state index contributed by atoms with van der Waals surface area (Å²) in [7, 11) is 1.83. The lowest BCUT2D eigenvalue weighted by molar-refractivity contribution is -0.132. The van der Waals surface area contributed by atoms with Crippen molar-refractivity contribution in [2.24, 2.45) is 0 Å². The van der Waals surface area contributed by atoms with Gasteiger partial charge in [-0.3, -0.25) is 4.79 Å². The molecule has 1 aromatic carbocycles. The van der Waals surface area contributed by atoms with Crippen molar-refractivity contribution in [1.29, 1.82) is 0 Å². The van der Waals surface area contributed by atoms with Crippen molar-refractivity contribution in [2.75, 3.05) is 25.1 Å². The van der Waals surface area contributed by atoms with E-state index in [4.69, 9.17) is 11.6 Å². The minimum absolute atomic E-state index is 0.0590. The minimum atomic E-state index is -0.0590. The van der Waals surface area contributed by atoms with Gasteiger partial charge in [-0.1, -0.05) is 29.8 Å². The fourth-order valence-electron chi connectivity index (χ4n) is 1.95. The first kappa shape index (κ1) is 13.7. The van der Waals surface area contributed by atoms with Crippen LogP contribution < -0.4 is 5.32 Å². The van der Waals surface area contributed by atoms with Crippen LogP contribution in [0.3, 0.4) is 0 Å². The van der Waals surface area contributed by atoms with Crippen molar-refractivity contribution in [2.45, 2.75) is 12.6 Å². The average Bonchev–Trinajstić information content (AvgIpc) is 2.41. The maximum Gasteiger partial charge on any atom is 0.240 e. The normalized spacial score (nSPS) is 19.6. The summed E-state index contributed by atoms with van der Waals surface area (Å²) in [5, 5.41) is 3.97. The Morgan fingerprint density at radius 3 is 3.00 bits per heavy atom. The van der Waals surface area contributed by atoms with Gasteiger partial charge in [-0.25, -0.2) is 0 Å². The number of carbonyl (C=O) groups excluding carboxylic acids is 1. The van der Waals surface area contributed by atoms with Gasteiger partial charge in [0.1, 0.15) is 0 Å². The van der Waals surface area contributed by atoms with Gasteiger partial charge in [-0.2, -0.15) is 11.8 Å². The van der Waals surface area contributed by atoms with Crippen LogP contribution in [0.15, 0.2) is 24.3 Å². The molecule has 0 radical (unpaired) electrons. The maximum absolute atomic E-state index is 12.2. The largest absolute Gasteiger partial charge is 0.340 e. The van der Waals surface area contributed by atoms with Crippen molar-refractivity contribution >= 4 is 29.3 Å². The molecule has 1 saturated heterocycles. The third kappa shape index (κ3) is 3.40. The van der Waals surface area contributed by atoms with Crippen LogP contribution in [0.1, 0.15) is 5.56 Å². The Morgan fingerprint density at radius 2 is 2.33 bits per heavy atom. The number of thioether (sulfide) groups is 1. The number of likely N-dealkylation sites (N-methyl/N-ethyl adjacent to an activating group) is 1. The lowest BCUT2D eigenvalue weighted by Gasteiger charge is -2.27. The molecule has 1 heterocycles. The molecule has 3 nitrogen and oxygen atoms in total. The molecule has 0 saturated carbocycles. The summed E-state index contributed by atoms with van der Waals surface area (Å²) >= 11 is 7.92. The Bertz CT molecular complexity index is 421. The highest BCUT2D eigenvalue weighted by molar-refractivity contribution is 7.99. The van der Waals surface area contributed by atoms with Crippen molar-refractivity contribution < 1.29 is 4.79 Å². The molecular formula is C13H17ClN2OS. The van der Waals surface area contributed by atoms with E-state index < -0.39 is 0 Å². The summed E-state index contributed by atoms with van der Waals surface area (Å²) in [4.78, 5) is 14.0. The number of hydrogen-bond acceptors (Lipinski definition) is 3. The summed E-state index contributed by atoms with van der Waals surface area (Å²) in [6.07, 6.45) is 0. The highest BCUT2D eigenvalue weighted by atomic mass is 35.5. The highest BCUT2D eigenvalue weighted by Crippen LogP contribution is 2.17. The summed E-state index contributed by atoms with van der Waals surface area (Å²) in [5.74, 6) is 2.08. The Kier molecular flexibility index (Phi) is 4.92. The molecule has 1 aliphatic heterocycles. The van der Waals surface area contributed by atoms with Crippen molar-refractivity contribution in [3.63, 3.8) is 0 Å². The number of halogens is 1. The second kappa shape index (κ2) is 6.45. The molecule has 2 rings (SSSR count). The molecule has 5 heteroatoms. The van der Waals surface area contributed by atoms with E-state index in [1.165, 1.54) is 0 Å². The Balaban J connectivity index is 1.96. The number of hydrogen-bond donors (Lipinski definition) is 1. The third-order valence-corrected chi connectivity index (χ3v) is 4.39. The Morgan fingerprint density at radius 1 is 1.56 bits per heavy atom. The topological polar surface area (TPSA) is 32.3 Å². The van der Waals surface area contributed by atoms with E-state index in [-0.39, 0.29) is 11.9 Å². The standard InChI is InChI=1S/C13H17ClN2OS/c1-16(8-10-4-2-3-5-11(10)14)13(17)12-9-18-7-6-15-12/h2-5,12,15H,6-9H2,1H3. The SMILES string of the molecule is CN(Cc1ccccc1Cl)C(=O)C1CSCCN1. The number of carbonyl (C=O) groups is 1. The van der Waals surface area contributed by atoms with Gasteiger partial charge in [0, 0.05) is 36.7 Å². The van der Waals surface area contributed by atoms with Crippen LogP contribution >= 0.6 is 23.4 Å². The lowest BCUT2D eigenvalue weighted by Crippen LogP contribution is -2.49. The maximum atomic E-state index is 12.2. The van der Waals surface area contributed by atoms with Crippen molar-refractivity contribution in [3.8, 4) is 0 Å². The van der Waals surface area contributed by atoms with Gasteiger partial charge in [-0.15, -0.1) is 0 Å². The predicted octanol–water partition coefficient (Wildman–Crippen LogP) is 2.00. The first-order valence-corrected chi connectivity index (χ1v) is 7.51. The molecule has 0 spiro atoms. The first-order chi connectivity index (χ1) is 8.68. The van der Waals surface area contributed by atoms with Crippen LogP contribution in [0.4, 0.5) is 0 Å². The van der Waals surface area contributed by atoms with E-state index in [9.17, 15) is 4.79 Å². The fourth-order valence-corrected chi connectivity index (χ4v) is 3.07. The zero-order chi connectivity index (χ0) is 13.0. The quantitative estimate of drug-likeness (QED) is 0.921. The Hall–Kier alpha value is -0.710. The van der Waals surface area contributed by atoms with Gasteiger partial charge in [0.05, 0.1) is 6.04 Å². The van der Waals surface area contributed by atoms with Gasteiger partial charge < -0.3 is 10.2 Å². The fraction of sp³-hybridized carbons (Fsp3) is 0.462. The molecule has 1 aromatic rings. The van der Waals surface area contributed by atoms with Crippen molar-refractivity contribution in [3.05, 3.63) is 34.9 Å². The molecule has 1 aliphatic rings. The number of rotatable bonds is 3. The third-order valence-electron chi connectivity index (χ3n) is 2.96. The van der Waals surface area contributed by atoms with Crippen LogP contribution in [0.2, 0.25) is 5.02 Å². The molecule has 1 N–H and O–H groups in total. The summed E-state index contributed by atoms with van der Waals surface area (Å²) in [6, 6.07) is 7.58. The van der Waals surface area contributed by atoms with E-state index in [1.54, 1.807) is 4.90 Å². The number of benzene rings is 1. The average molecular weight is 285 g/mol. The molecular weight excluding hydrogens is 268 g/mol. The van der Waals surface area contributed by atoms with Crippen LogP contribution in [-0.4, -0.2) is 41.9 Å². The van der Waals surface area contributed by atoms with Crippen LogP contribution in [-0.2, 0) is 11.3 Å². The van der Waals surface area contributed by atoms with Gasteiger partial charge in [0.25, 0.3) is 0 Å². The molecule has 0 bridgehead atoms. The number of nitrogens with one attached hydrogen (secondary N) is 1. The predicted molar refractivity (Wildman–Crippen MR) is 77.0 cm³/mol. The molecule has 1 unspecified atom stereocenters. The van der Waals surface area contributed by atoms with Crippen LogP contribution in [0.5, 0.6) is 0 Å². The summed E-state index contributed by atoms with van der Waals surface area (Å²) in [5.41, 5.74) is 0.985. The molecule has 18 heavy (non-hydrogen) atoms. The van der Waals surface area contributed by atoms with Gasteiger partial charge >= 0.3 is 0 Å². The first-order valence-electron chi connectivity index (χ1n) is 5.98. The zero-order valence-electron chi connectivity index (χ0n) is 10.4. The van der Waals surface area contributed by atoms with Crippen molar-refractivity contribution in [1.82, 2.24) is 10.2 Å². The van der Waals surface area contributed by atoms with Gasteiger partial charge in [0.2, 0.25) is 5.91 Å². The number of amides is 1. The molecule has 0 aliphatic carbocycles. The molecule has 1 fully saturated rings. The molecule has 1 atom stereocenters. The zero-order valence-corrected chi connectivity index (χ0v) is 11.9. The van der Waals surface area contributed by atoms with E-state index >= 15 is 0 Å². The molecule has 1 amide bonds. The van der Waals surface area contributed by atoms with Gasteiger partial charge in [-0.05, 0) is 11.6 Å². The second-order valence-electron chi connectivity index (χ2n) is 4.37. The second-order valence-corrected chi connectivity index (χ2v) is 5.92.